The van der Waals surface area contributed by atoms with E-state index in [1.807, 2.05) is 13.8 Å². The zero-order chi connectivity index (χ0) is 20.4. The molecule has 3 N–H and O–H groups in total. The summed E-state index contributed by atoms with van der Waals surface area (Å²) in [7, 11) is 1.30. The molecule has 1 aromatic rings. The van der Waals surface area contributed by atoms with Crippen LogP contribution in [0.3, 0.4) is 0 Å². The van der Waals surface area contributed by atoms with Crippen LogP contribution in [0.1, 0.15) is 36.2 Å². The molecule has 27 heavy (non-hydrogen) atoms. The van der Waals surface area contributed by atoms with E-state index in [0.29, 0.717) is 12.1 Å². The molecule has 0 spiro atoms. The molecule has 0 saturated carbocycles. The Morgan fingerprint density at radius 1 is 1.26 bits per heavy atom. The second-order valence-corrected chi connectivity index (χ2v) is 6.23. The van der Waals surface area contributed by atoms with Crippen molar-refractivity contribution in [1.82, 2.24) is 10.6 Å². The van der Waals surface area contributed by atoms with Gasteiger partial charge in [0.1, 0.15) is 17.7 Å². The maximum absolute atomic E-state index is 12.1. The number of carboxylic acid groups (broad SMARTS) is 1. The molecule has 0 bridgehead atoms. The molecule has 1 aromatic carbocycles. The van der Waals surface area contributed by atoms with E-state index in [1.54, 1.807) is 30.3 Å². The molecule has 0 heterocycles. The van der Waals surface area contributed by atoms with Crippen molar-refractivity contribution in [3.05, 3.63) is 47.2 Å². The second-order valence-electron chi connectivity index (χ2n) is 6.23. The lowest BCUT2D eigenvalue weighted by Gasteiger charge is -2.16. The fourth-order valence-corrected chi connectivity index (χ4v) is 2.22. The summed E-state index contributed by atoms with van der Waals surface area (Å²) in [4.78, 5) is 34.7. The molecule has 1 amide bonds. The molecule has 0 aliphatic rings. The molecule has 8 heteroatoms. The van der Waals surface area contributed by atoms with Crippen molar-refractivity contribution in [2.24, 2.45) is 5.92 Å². The van der Waals surface area contributed by atoms with E-state index < -0.39 is 23.9 Å². The van der Waals surface area contributed by atoms with Crippen molar-refractivity contribution in [3.8, 4) is 6.07 Å². The van der Waals surface area contributed by atoms with Crippen LogP contribution in [0, 0.1) is 17.2 Å². The highest BCUT2D eigenvalue weighted by atomic mass is 16.5. The molecular formula is C19H23N3O5. The smallest absolute Gasteiger partial charge is 0.337 e. The zero-order valence-electron chi connectivity index (χ0n) is 15.5. The SMILES string of the molecule is COC(=O)c1ccc(CN/C=C(/C#N)C(=O)NC(CC(C)C)C(=O)O)cc1. The van der Waals surface area contributed by atoms with Crippen LogP contribution in [-0.2, 0) is 20.9 Å². The van der Waals surface area contributed by atoms with Gasteiger partial charge in [0.15, 0.2) is 0 Å². The number of nitriles is 1. The number of benzene rings is 1. The number of hydrogen-bond donors (Lipinski definition) is 3. The minimum absolute atomic E-state index is 0.0759. The van der Waals surface area contributed by atoms with Gasteiger partial charge in [-0.05, 0) is 30.0 Å². The Morgan fingerprint density at radius 3 is 2.37 bits per heavy atom. The predicted octanol–water partition coefficient (Wildman–Crippen LogP) is 1.59. The number of carbonyl (C=O) groups excluding carboxylic acids is 2. The summed E-state index contributed by atoms with van der Waals surface area (Å²) in [6, 6.07) is 7.33. The highest BCUT2D eigenvalue weighted by Gasteiger charge is 2.22. The number of nitrogens with zero attached hydrogens (tertiary/aromatic N) is 1. The van der Waals surface area contributed by atoms with E-state index in [9.17, 15) is 14.4 Å². The number of rotatable bonds is 9. The van der Waals surface area contributed by atoms with Gasteiger partial charge in [-0.3, -0.25) is 4.79 Å². The summed E-state index contributed by atoms with van der Waals surface area (Å²) >= 11 is 0. The lowest BCUT2D eigenvalue weighted by Crippen LogP contribution is -2.42. The molecule has 0 radical (unpaired) electrons. The van der Waals surface area contributed by atoms with Crippen LogP contribution in [0.15, 0.2) is 36.0 Å². The second kappa shape index (κ2) is 10.6. The van der Waals surface area contributed by atoms with E-state index in [-0.39, 0.29) is 17.9 Å². The Balaban J connectivity index is 2.68. The van der Waals surface area contributed by atoms with Crippen molar-refractivity contribution < 1.29 is 24.2 Å². The molecular weight excluding hydrogens is 350 g/mol. The Hall–Kier alpha value is -3.34. The first-order chi connectivity index (χ1) is 12.8. The van der Waals surface area contributed by atoms with Gasteiger partial charge in [0.25, 0.3) is 5.91 Å². The van der Waals surface area contributed by atoms with Crippen LogP contribution in [-0.4, -0.2) is 36.1 Å². The van der Waals surface area contributed by atoms with E-state index in [4.69, 9.17) is 10.4 Å². The fraction of sp³-hybridized carbons (Fsp3) is 0.368. The van der Waals surface area contributed by atoms with Crippen molar-refractivity contribution in [2.45, 2.75) is 32.9 Å². The number of ether oxygens (including phenoxy) is 1. The monoisotopic (exact) mass is 373 g/mol. The standard InChI is InChI=1S/C19H23N3O5/c1-12(2)8-16(18(24)25)22-17(23)15(9-20)11-21-10-13-4-6-14(7-5-13)19(26)27-3/h4-7,11-12,16,21H,8,10H2,1-3H3,(H,22,23)(H,24,25)/b15-11-. The van der Waals surface area contributed by atoms with E-state index in [2.05, 4.69) is 15.4 Å². The Bertz CT molecular complexity index is 748. The number of hydrogen-bond acceptors (Lipinski definition) is 6. The summed E-state index contributed by atoms with van der Waals surface area (Å²) in [5.74, 6) is -2.26. The van der Waals surface area contributed by atoms with Crippen LogP contribution >= 0.6 is 0 Å². The summed E-state index contributed by atoms with van der Waals surface area (Å²) < 4.78 is 4.62. The predicted molar refractivity (Wildman–Crippen MR) is 97.3 cm³/mol. The molecule has 0 fully saturated rings. The van der Waals surface area contributed by atoms with Gasteiger partial charge in [0.05, 0.1) is 12.7 Å². The third-order valence-electron chi connectivity index (χ3n) is 3.60. The molecule has 1 atom stereocenters. The van der Waals surface area contributed by atoms with Gasteiger partial charge >= 0.3 is 11.9 Å². The van der Waals surface area contributed by atoms with Crippen LogP contribution < -0.4 is 10.6 Å². The maximum atomic E-state index is 12.1. The zero-order valence-corrected chi connectivity index (χ0v) is 15.5. The minimum Gasteiger partial charge on any atom is -0.480 e. The van der Waals surface area contributed by atoms with Gasteiger partial charge in [0.2, 0.25) is 0 Å². The van der Waals surface area contributed by atoms with E-state index in [0.717, 1.165) is 5.56 Å². The number of carbonyl (C=O) groups is 3. The molecule has 1 rings (SSSR count). The number of carboxylic acids is 1. The largest absolute Gasteiger partial charge is 0.480 e. The minimum atomic E-state index is -1.15. The lowest BCUT2D eigenvalue weighted by atomic mass is 10.0. The highest BCUT2D eigenvalue weighted by Crippen LogP contribution is 2.07. The number of nitrogens with one attached hydrogen (secondary N) is 2. The van der Waals surface area contributed by atoms with Crippen molar-refractivity contribution >= 4 is 17.8 Å². The quantitative estimate of drug-likeness (QED) is 0.340. The first kappa shape index (κ1) is 21.7. The fourth-order valence-electron chi connectivity index (χ4n) is 2.22. The molecule has 0 aliphatic heterocycles. The number of methoxy groups -OCH3 is 1. The van der Waals surface area contributed by atoms with E-state index >= 15 is 0 Å². The molecule has 0 aromatic heterocycles. The first-order valence-corrected chi connectivity index (χ1v) is 8.33. The molecule has 0 aliphatic carbocycles. The molecule has 0 saturated heterocycles. The summed E-state index contributed by atoms with van der Waals surface area (Å²) in [6.45, 7) is 4.00. The van der Waals surface area contributed by atoms with Crippen LogP contribution in [0.25, 0.3) is 0 Å². The molecule has 8 nitrogen and oxygen atoms in total. The highest BCUT2D eigenvalue weighted by molar-refractivity contribution is 5.99. The van der Waals surface area contributed by atoms with Crippen molar-refractivity contribution in [2.75, 3.05) is 7.11 Å². The molecule has 144 valence electrons. The van der Waals surface area contributed by atoms with Gasteiger partial charge in [-0.25, -0.2) is 9.59 Å². The third-order valence-corrected chi connectivity index (χ3v) is 3.60. The average Bonchev–Trinajstić information content (AvgIpc) is 2.64. The average molecular weight is 373 g/mol. The summed E-state index contributed by atoms with van der Waals surface area (Å²) in [5, 5.41) is 23.5. The topological polar surface area (TPSA) is 129 Å². The van der Waals surface area contributed by atoms with Gasteiger partial charge < -0.3 is 20.5 Å². The van der Waals surface area contributed by atoms with Gasteiger partial charge in [-0.2, -0.15) is 5.26 Å². The van der Waals surface area contributed by atoms with Crippen molar-refractivity contribution in [3.63, 3.8) is 0 Å². The normalized spacial score (nSPS) is 12.0. The lowest BCUT2D eigenvalue weighted by molar-refractivity contribution is -0.141. The summed E-state index contributed by atoms with van der Waals surface area (Å²) in [5.41, 5.74) is 1.01. The van der Waals surface area contributed by atoms with Gasteiger partial charge in [-0.15, -0.1) is 0 Å². The van der Waals surface area contributed by atoms with Crippen LogP contribution in [0.4, 0.5) is 0 Å². The van der Waals surface area contributed by atoms with Gasteiger partial charge in [-0.1, -0.05) is 26.0 Å². The maximum Gasteiger partial charge on any atom is 0.337 e. The molecule has 1 unspecified atom stereocenters. The van der Waals surface area contributed by atoms with Gasteiger partial charge in [0, 0.05) is 12.7 Å². The Morgan fingerprint density at radius 2 is 1.89 bits per heavy atom. The van der Waals surface area contributed by atoms with Crippen molar-refractivity contribution in [1.29, 1.82) is 5.26 Å². The number of amides is 1. The van der Waals surface area contributed by atoms with Crippen LogP contribution in [0.2, 0.25) is 0 Å². The van der Waals surface area contributed by atoms with Crippen LogP contribution in [0.5, 0.6) is 0 Å². The number of esters is 1. The first-order valence-electron chi connectivity index (χ1n) is 8.33. The van der Waals surface area contributed by atoms with E-state index in [1.165, 1.54) is 13.3 Å². The Kier molecular flexibility index (Phi) is 8.53. The third kappa shape index (κ3) is 7.20. The number of aliphatic carboxylic acids is 1. The Labute approximate surface area is 157 Å². The summed E-state index contributed by atoms with van der Waals surface area (Å²) in [6.07, 6.45) is 1.50.